The molecule has 0 saturated heterocycles. The van der Waals surface area contributed by atoms with Gasteiger partial charge in [0.05, 0.1) is 5.75 Å². The molecule has 0 aliphatic carbocycles. The molecule has 0 amide bonds. The molecule has 0 aromatic heterocycles. The van der Waals surface area contributed by atoms with Crippen molar-refractivity contribution in [1.29, 1.82) is 0 Å². The minimum Gasteiger partial charge on any atom is -0.299 e. The molecule has 1 aromatic carbocycles. The van der Waals surface area contributed by atoms with E-state index in [9.17, 15) is 13.2 Å². The van der Waals surface area contributed by atoms with Gasteiger partial charge in [-0.3, -0.25) is 8.42 Å². The predicted octanol–water partition coefficient (Wildman–Crippen LogP) is 2.35. The lowest BCUT2D eigenvalue weighted by atomic mass is 10.2. The van der Waals surface area contributed by atoms with Crippen molar-refractivity contribution in [3.63, 3.8) is 0 Å². The molecule has 102 valence electrons. The van der Waals surface area contributed by atoms with Crippen LogP contribution in [0, 0.1) is 6.92 Å². The number of ketones is 1. The number of benzene rings is 1. The second-order valence-electron chi connectivity index (χ2n) is 4.69. The van der Waals surface area contributed by atoms with Crippen molar-refractivity contribution >= 4 is 26.2 Å². The number of aryl methyl sites for hydroxylation is 1. The van der Waals surface area contributed by atoms with Crippen LogP contribution >= 0.6 is 10.3 Å². The maximum absolute atomic E-state index is 12.1. The molecule has 18 heavy (non-hydrogen) atoms. The monoisotopic (exact) mass is 291 g/mol. The van der Waals surface area contributed by atoms with Crippen LogP contribution in [-0.4, -0.2) is 36.1 Å². The zero-order valence-corrected chi connectivity index (χ0v) is 12.6. The largest absolute Gasteiger partial charge is 0.421 e. The highest BCUT2D eigenvalue weighted by atomic mass is 32.3. The third-order valence-electron chi connectivity index (χ3n) is 2.18. The van der Waals surface area contributed by atoms with Crippen LogP contribution in [0.2, 0.25) is 0 Å². The van der Waals surface area contributed by atoms with Gasteiger partial charge in [0.15, 0.2) is 0 Å². The first-order valence-electron chi connectivity index (χ1n) is 5.39. The van der Waals surface area contributed by atoms with Crippen molar-refractivity contribution in [2.45, 2.75) is 18.7 Å². The van der Waals surface area contributed by atoms with E-state index in [1.54, 1.807) is 24.6 Å². The molecule has 4 nitrogen and oxygen atoms in total. The number of hydrogen-bond acceptors (Lipinski definition) is 3. The van der Waals surface area contributed by atoms with E-state index in [4.69, 9.17) is 0 Å². The zero-order valence-electron chi connectivity index (χ0n) is 11.0. The minimum absolute atomic E-state index is 0.0437. The van der Waals surface area contributed by atoms with Crippen LogP contribution in [0.15, 0.2) is 29.2 Å². The number of carbonyl (C=O) groups excluding carboxylic acids is 1. The first-order chi connectivity index (χ1) is 8.12. The van der Waals surface area contributed by atoms with Crippen molar-refractivity contribution in [3.8, 4) is 0 Å². The van der Waals surface area contributed by atoms with Crippen LogP contribution < -0.4 is 0 Å². The molecule has 0 fully saturated rings. The second kappa shape index (κ2) is 5.42. The topological polar surface area (TPSA) is 64.0 Å². The molecule has 1 N–H and O–H groups in total. The molecule has 0 aliphatic heterocycles. The van der Waals surface area contributed by atoms with Gasteiger partial charge >= 0.3 is 10.1 Å². The molecule has 0 spiro atoms. The summed E-state index contributed by atoms with van der Waals surface area (Å²) < 4.78 is 28.1. The van der Waals surface area contributed by atoms with Crippen LogP contribution in [0.3, 0.4) is 0 Å². The summed E-state index contributed by atoms with van der Waals surface area (Å²) in [5.41, 5.74) is 0.990. The lowest BCUT2D eigenvalue weighted by Gasteiger charge is -2.23. The molecule has 0 atom stereocenters. The van der Waals surface area contributed by atoms with Gasteiger partial charge in [-0.25, -0.2) is 0 Å². The Morgan fingerprint density at radius 3 is 2.11 bits per heavy atom. The Morgan fingerprint density at radius 2 is 1.67 bits per heavy atom. The van der Waals surface area contributed by atoms with Crippen LogP contribution in [0.1, 0.15) is 12.5 Å². The van der Waals surface area contributed by atoms with E-state index < -0.39 is 20.4 Å². The summed E-state index contributed by atoms with van der Waals surface area (Å²) >= 11 is 0. The summed E-state index contributed by atoms with van der Waals surface area (Å²) in [5, 5.41) is 0. The summed E-state index contributed by atoms with van der Waals surface area (Å²) in [4.78, 5) is 11.3. The number of Topliss-reactive ketones (excluding diaryl/α,β-unsaturated/α-hetero) is 1. The summed E-state index contributed by atoms with van der Waals surface area (Å²) in [5.74, 6) is 0.149. The van der Waals surface area contributed by atoms with E-state index in [-0.39, 0.29) is 16.4 Å². The molecular weight excluding hydrogens is 272 g/mol. The predicted molar refractivity (Wildman–Crippen MR) is 76.0 cm³/mol. The van der Waals surface area contributed by atoms with Gasteiger partial charge < -0.3 is 0 Å². The highest BCUT2D eigenvalue weighted by molar-refractivity contribution is 8.31. The Balaban J connectivity index is 2.95. The van der Waals surface area contributed by atoms with Gasteiger partial charge in [0.25, 0.3) is 0 Å². The van der Waals surface area contributed by atoms with Gasteiger partial charge in [-0.2, -0.15) is 0 Å². The molecule has 1 aromatic rings. The maximum Gasteiger partial charge on any atom is 0.421 e. The van der Waals surface area contributed by atoms with E-state index in [1.807, 2.05) is 6.92 Å². The van der Waals surface area contributed by atoms with Crippen LogP contribution in [0.4, 0.5) is 0 Å². The van der Waals surface area contributed by atoms with Gasteiger partial charge in [0.2, 0.25) is 0 Å². The Labute approximate surface area is 110 Å². The van der Waals surface area contributed by atoms with Gasteiger partial charge in [0.1, 0.15) is 10.7 Å². The van der Waals surface area contributed by atoms with Gasteiger partial charge in [-0.1, -0.05) is 17.7 Å². The van der Waals surface area contributed by atoms with Gasteiger partial charge in [0, 0.05) is 12.5 Å². The molecule has 0 bridgehead atoms. The first-order valence-corrected chi connectivity index (χ1v) is 9.40. The molecular formula is C12H19O4S2+. The number of hydrogen-bond donors (Lipinski definition) is 0. The first kappa shape index (κ1) is 15.2. The van der Waals surface area contributed by atoms with E-state index in [0.717, 1.165) is 5.56 Å². The third-order valence-corrected chi connectivity index (χ3v) is 6.56. The van der Waals surface area contributed by atoms with E-state index in [2.05, 4.69) is 3.63 Å². The molecule has 6 heteroatoms. The fourth-order valence-corrected chi connectivity index (χ4v) is 5.70. The van der Waals surface area contributed by atoms with Crippen molar-refractivity contribution in [1.82, 2.24) is 0 Å². The molecule has 0 aliphatic rings. The number of rotatable bonds is 5. The minimum atomic E-state index is -3.67. The molecule has 0 unspecified atom stereocenters. The Kier molecular flexibility index (Phi) is 4.58. The Hall–Kier alpha value is -0.850. The van der Waals surface area contributed by atoms with E-state index >= 15 is 0 Å². The molecule has 0 saturated carbocycles. The van der Waals surface area contributed by atoms with Crippen molar-refractivity contribution in [2.24, 2.45) is 0 Å². The van der Waals surface area contributed by atoms with Crippen molar-refractivity contribution < 1.29 is 16.8 Å². The summed E-state index contributed by atoms with van der Waals surface area (Å²) in [7, 11) is -5.48. The molecule has 0 radical (unpaired) electrons. The summed E-state index contributed by atoms with van der Waals surface area (Å²) in [6.45, 7) is 3.33. The summed E-state index contributed by atoms with van der Waals surface area (Å²) in [6.07, 6.45) is 3.44. The Morgan fingerprint density at radius 1 is 1.17 bits per heavy atom. The second-order valence-corrected chi connectivity index (χ2v) is 9.96. The molecule has 0 heterocycles. The van der Waals surface area contributed by atoms with Gasteiger partial charge in [-0.15, -0.1) is 8.42 Å². The summed E-state index contributed by atoms with van der Waals surface area (Å²) in [6, 6.07) is 6.54. The lowest BCUT2D eigenvalue weighted by molar-refractivity contribution is -0.114. The highest BCUT2D eigenvalue weighted by Crippen LogP contribution is 2.41. The Bertz CT molecular complexity index is 530. The van der Waals surface area contributed by atoms with E-state index in [1.165, 1.54) is 19.1 Å². The normalized spacial score (nSPS) is 13.3. The van der Waals surface area contributed by atoms with Crippen LogP contribution in [0.5, 0.6) is 0 Å². The standard InChI is InChI=1S/C12H18O4S2/c1-10-5-7-12(8-6-10)18(14,15)16-17(3,4)9-11(2)13/h5-8H,9H2,1-4H3/p+1. The molecule has 1 rings (SSSR count). The average Bonchev–Trinajstić information content (AvgIpc) is 2.13. The number of carbonyl (C=O) groups is 1. The van der Waals surface area contributed by atoms with Crippen LogP contribution in [-0.2, 0) is 14.9 Å². The maximum atomic E-state index is 12.1. The fourth-order valence-electron chi connectivity index (χ4n) is 1.54. The smallest absolute Gasteiger partial charge is 0.299 e. The van der Waals surface area contributed by atoms with Crippen molar-refractivity contribution in [3.05, 3.63) is 29.8 Å². The average molecular weight is 291 g/mol. The third kappa shape index (κ3) is 4.44. The van der Waals surface area contributed by atoms with Crippen LogP contribution in [0.25, 0.3) is 0 Å². The zero-order chi connectivity index (χ0) is 14.0. The highest BCUT2D eigenvalue weighted by Gasteiger charge is 2.30. The fraction of sp³-hybridized carbons (Fsp3) is 0.417. The quantitative estimate of drug-likeness (QED) is 0.618. The van der Waals surface area contributed by atoms with Crippen molar-refractivity contribution in [2.75, 3.05) is 18.3 Å². The SMILES string of the molecule is CC(=O)CS(C)(C)[OH+]S(=O)(=O)c1ccc(C)cc1. The van der Waals surface area contributed by atoms with Gasteiger partial charge in [-0.05, 0) is 36.3 Å². The van der Waals surface area contributed by atoms with E-state index in [0.29, 0.717) is 0 Å². The lowest BCUT2D eigenvalue weighted by Crippen LogP contribution is -2.20.